The monoisotopic (exact) mass is 499 g/mol. The second kappa shape index (κ2) is 10.8. The number of aromatic nitrogens is 2. The minimum absolute atomic E-state index is 0.0270. The van der Waals surface area contributed by atoms with Gasteiger partial charge in [0, 0.05) is 11.6 Å². The van der Waals surface area contributed by atoms with Crippen LogP contribution in [0.4, 0.5) is 0 Å². The molecule has 0 bridgehead atoms. The van der Waals surface area contributed by atoms with Gasteiger partial charge in [-0.15, -0.1) is 0 Å². The fourth-order valence-electron chi connectivity index (χ4n) is 4.48. The Hall–Kier alpha value is -2.91. The Labute approximate surface area is 207 Å². The van der Waals surface area contributed by atoms with Crippen molar-refractivity contribution in [3.05, 3.63) is 53.9 Å². The molecule has 9 heteroatoms. The zero-order chi connectivity index (χ0) is 25.0. The second-order valence-corrected chi connectivity index (χ2v) is 11.0. The lowest BCUT2D eigenvalue weighted by atomic mass is 9.95. The highest BCUT2D eigenvalue weighted by molar-refractivity contribution is 7.89. The molecule has 0 atom stereocenters. The molecular formula is C26H33N3O5S. The van der Waals surface area contributed by atoms with Crippen LogP contribution in [0.2, 0.25) is 0 Å². The number of ether oxygens (including phenoxy) is 2. The van der Waals surface area contributed by atoms with E-state index >= 15 is 0 Å². The SMILES string of the molecule is COc1ccc(-c2noc(CN(C3CCCCC3)S(=O)(=O)c3ccc(C(C)C)cc3)n2)cc1OC. The summed E-state index contributed by atoms with van der Waals surface area (Å²) in [6.45, 7) is 4.20. The Bertz CT molecular complexity index is 1230. The maximum atomic E-state index is 13.8. The molecule has 0 radical (unpaired) electrons. The third kappa shape index (κ3) is 5.51. The van der Waals surface area contributed by atoms with E-state index in [9.17, 15) is 8.42 Å². The first-order chi connectivity index (χ1) is 16.8. The van der Waals surface area contributed by atoms with Crippen molar-refractivity contribution in [3.8, 4) is 22.9 Å². The van der Waals surface area contributed by atoms with E-state index in [1.54, 1.807) is 42.8 Å². The van der Waals surface area contributed by atoms with Gasteiger partial charge >= 0.3 is 0 Å². The first-order valence-corrected chi connectivity index (χ1v) is 13.4. The molecule has 1 aliphatic carbocycles. The molecule has 1 aliphatic rings. The summed E-state index contributed by atoms with van der Waals surface area (Å²) in [6, 6.07) is 12.4. The van der Waals surface area contributed by atoms with Gasteiger partial charge in [-0.25, -0.2) is 8.42 Å². The van der Waals surface area contributed by atoms with Gasteiger partial charge in [-0.3, -0.25) is 0 Å². The lowest BCUT2D eigenvalue weighted by Crippen LogP contribution is -2.41. The Morgan fingerprint density at radius 1 is 1.00 bits per heavy atom. The van der Waals surface area contributed by atoms with Gasteiger partial charge in [0.1, 0.15) is 0 Å². The summed E-state index contributed by atoms with van der Waals surface area (Å²) in [5.74, 6) is 2.09. The molecule has 0 unspecified atom stereocenters. The van der Waals surface area contributed by atoms with Crippen LogP contribution in [0.15, 0.2) is 51.9 Å². The van der Waals surface area contributed by atoms with Gasteiger partial charge in [0.25, 0.3) is 0 Å². The molecule has 2 aromatic carbocycles. The molecule has 0 saturated heterocycles. The molecule has 1 aromatic heterocycles. The number of benzene rings is 2. The van der Waals surface area contributed by atoms with Crippen molar-refractivity contribution in [2.75, 3.05) is 14.2 Å². The van der Waals surface area contributed by atoms with E-state index in [-0.39, 0.29) is 23.4 Å². The summed E-state index contributed by atoms with van der Waals surface area (Å²) in [6.07, 6.45) is 4.77. The van der Waals surface area contributed by atoms with Crippen molar-refractivity contribution in [1.29, 1.82) is 0 Å². The molecule has 3 aromatic rings. The quantitative estimate of drug-likeness (QED) is 0.389. The van der Waals surface area contributed by atoms with Crippen molar-refractivity contribution < 1.29 is 22.4 Å². The highest BCUT2D eigenvalue weighted by Gasteiger charge is 2.34. The molecule has 4 rings (SSSR count). The van der Waals surface area contributed by atoms with E-state index in [0.717, 1.165) is 37.7 Å². The average Bonchev–Trinajstić information content (AvgIpc) is 3.36. The predicted molar refractivity (Wildman–Crippen MR) is 133 cm³/mol. The molecule has 0 amide bonds. The maximum absolute atomic E-state index is 13.8. The van der Waals surface area contributed by atoms with Crippen LogP contribution in [0.25, 0.3) is 11.4 Å². The number of hydrogen-bond donors (Lipinski definition) is 0. The number of sulfonamides is 1. The minimum Gasteiger partial charge on any atom is -0.493 e. The largest absolute Gasteiger partial charge is 0.493 e. The van der Waals surface area contributed by atoms with E-state index in [4.69, 9.17) is 14.0 Å². The molecule has 1 fully saturated rings. The molecule has 0 N–H and O–H groups in total. The molecule has 1 heterocycles. The summed E-state index contributed by atoms with van der Waals surface area (Å²) >= 11 is 0. The highest BCUT2D eigenvalue weighted by Crippen LogP contribution is 2.33. The topological polar surface area (TPSA) is 94.8 Å². The molecule has 0 aliphatic heterocycles. The lowest BCUT2D eigenvalue weighted by molar-refractivity contribution is 0.223. The Kier molecular flexibility index (Phi) is 7.76. The Morgan fingerprint density at radius 3 is 2.31 bits per heavy atom. The van der Waals surface area contributed by atoms with Crippen LogP contribution in [-0.2, 0) is 16.6 Å². The summed E-state index contributed by atoms with van der Waals surface area (Å²) < 4.78 is 45.2. The van der Waals surface area contributed by atoms with Crippen molar-refractivity contribution in [1.82, 2.24) is 14.4 Å². The molecule has 0 spiro atoms. The number of hydrogen-bond acceptors (Lipinski definition) is 7. The van der Waals surface area contributed by atoms with E-state index in [0.29, 0.717) is 28.8 Å². The zero-order valence-electron chi connectivity index (χ0n) is 20.7. The first-order valence-electron chi connectivity index (χ1n) is 12.0. The van der Waals surface area contributed by atoms with E-state index in [1.807, 2.05) is 18.2 Å². The number of rotatable bonds is 9. The zero-order valence-corrected chi connectivity index (χ0v) is 21.5. The van der Waals surface area contributed by atoms with Crippen LogP contribution in [0.3, 0.4) is 0 Å². The van der Waals surface area contributed by atoms with Crippen molar-refractivity contribution in [3.63, 3.8) is 0 Å². The van der Waals surface area contributed by atoms with Crippen LogP contribution in [0, 0.1) is 0 Å². The van der Waals surface area contributed by atoms with Crippen molar-refractivity contribution in [2.45, 2.75) is 69.4 Å². The van der Waals surface area contributed by atoms with Gasteiger partial charge in [0.15, 0.2) is 11.5 Å². The molecule has 1 saturated carbocycles. The first kappa shape index (κ1) is 25.2. The van der Waals surface area contributed by atoms with Crippen molar-refractivity contribution in [2.24, 2.45) is 0 Å². The third-order valence-corrected chi connectivity index (χ3v) is 8.45. The second-order valence-electron chi connectivity index (χ2n) is 9.15. The van der Waals surface area contributed by atoms with E-state index in [1.165, 1.54) is 0 Å². The number of nitrogens with zero attached hydrogens (tertiary/aromatic N) is 3. The highest BCUT2D eigenvalue weighted by atomic mass is 32.2. The number of methoxy groups -OCH3 is 2. The van der Waals surface area contributed by atoms with Gasteiger partial charge in [-0.05, 0) is 54.7 Å². The van der Waals surface area contributed by atoms with Crippen LogP contribution < -0.4 is 9.47 Å². The van der Waals surface area contributed by atoms with E-state index < -0.39 is 10.0 Å². The molecular weight excluding hydrogens is 466 g/mol. The molecule has 8 nitrogen and oxygen atoms in total. The Morgan fingerprint density at radius 2 is 1.69 bits per heavy atom. The normalized spacial score (nSPS) is 15.0. The predicted octanol–water partition coefficient (Wildman–Crippen LogP) is 5.40. The Balaban J connectivity index is 1.63. The summed E-state index contributed by atoms with van der Waals surface area (Å²) in [7, 11) is -0.618. The van der Waals surface area contributed by atoms with Crippen LogP contribution in [0.5, 0.6) is 11.5 Å². The van der Waals surface area contributed by atoms with Crippen LogP contribution >= 0.6 is 0 Å². The van der Waals surface area contributed by atoms with Crippen LogP contribution in [-0.4, -0.2) is 43.1 Å². The smallest absolute Gasteiger partial charge is 0.243 e. The fraction of sp³-hybridized carbons (Fsp3) is 0.462. The van der Waals surface area contributed by atoms with Gasteiger partial charge in [-0.2, -0.15) is 9.29 Å². The van der Waals surface area contributed by atoms with E-state index in [2.05, 4.69) is 24.0 Å². The summed E-state index contributed by atoms with van der Waals surface area (Å²) in [5.41, 5.74) is 1.79. The summed E-state index contributed by atoms with van der Waals surface area (Å²) in [4.78, 5) is 4.79. The van der Waals surface area contributed by atoms with Crippen molar-refractivity contribution >= 4 is 10.0 Å². The van der Waals surface area contributed by atoms with Gasteiger partial charge in [0.2, 0.25) is 21.7 Å². The molecule has 35 heavy (non-hydrogen) atoms. The average molecular weight is 500 g/mol. The van der Waals surface area contributed by atoms with Gasteiger partial charge in [-0.1, -0.05) is 50.4 Å². The van der Waals surface area contributed by atoms with Gasteiger partial charge < -0.3 is 14.0 Å². The van der Waals surface area contributed by atoms with Crippen LogP contribution in [0.1, 0.15) is 63.3 Å². The molecule has 188 valence electrons. The lowest BCUT2D eigenvalue weighted by Gasteiger charge is -2.32. The van der Waals surface area contributed by atoms with Gasteiger partial charge in [0.05, 0.1) is 25.7 Å². The fourth-order valence-corrected chi connectivity index (χ4v) is 6.12. The third-order valence-electron chi connectivity index (χ3n) is 6.54. The maximum Gasteiger partial charge on any atom is 0.243 e. The minimum atomic E-state index is -3.75. The standard InChI is InChI=1S/C26H33N3O5S/c1-18(2)19-10-13-22(14-11-19)35(30,31)29(21-8-6-5-7-9-21)17-25-27-26(28-34-25)20-12-15-23(32-3)24(16-20)33-4/h10-16,18,21H,5-9,17H2,1-4H3. The summed E-state index contributed by atoms with van der Waals surface area (Å²) in [5, 5.41) is 4.10.